The van der Waals surface area contributed by atoms with Crippen molar-refractivity contribution in [3.8, 4) is 0 Å². The summed E-state index contributed by atoms with van der Waals surface area (Å²) in [6.07, 6.45) is 6.82. The van der Waals surface area contributed by atoms with Crippen LogP contribution >= 0.6 is 0 Å². The van der Waals surface area contributed by atoms with Crippen molar-refractivity contribution in [2.75, 3.05) is 24.7 Å². The predicted molar refractivity (Wildman–Crippen MR) is 146 cm³/mol. The molecule has 1 fully saturated rings. The number of carbonyl (C=O) groups excluding carboxylic acids is 1. The number of rotatable bonds is 8. The highest BCUT2D eigenvalue weighted by Crippen LogP contribution is 2.30. The minimum Gasteiger partial charge on any atom is -0.349 e. The molecule has 1 aromatic carbocycles. The normalized spacial score (nSPS) is 17.3. The van der Waals surface area contributed by atoms with E-state index in [-0.39, 0.29) is 11.9 Å². The SMILES string of the molecule is CN(C)C1CCc2ccc(Nc3cc(Nc4cccc(C(C)(C)F)n4)c(C(=O)NC4CC4)cn3)cc2C1. The first-order valence-electron chi connectivity index (χ1n) is 13.0. The number of fused-ring (bicyclic) bond motifs is 1. The number of nitrogens with zero attached hydrogens (tertiary/aromatic N) is 3. The number of carbonyl (C=O) groups is 1. The fraction of sp³-hybridized carbons (Fsp3) is 0.414. The van der Waals surface area contributed by atoms with Crippen LogP contribution in [0.2, 0.25) is 0 Å². The van der Waals surface area contributed by atoms with Crippen LogP contribution in [-0.4, -0.2) is 47.0 Å². The maximum atomic E-state index is 14.5. The molecule has 7 nitrogen and oxygen atoms in total. The average molecular weight is 503 g/mol. The summed E-state index contributed by atoms with van der Waals surface area (Å²) in [6.45, 7) is 2.95. The number of nitrogens with one attached hydrogen (secondary N) is 3. The van der Waals surface area contributed by atoms with E-state index in [1.54, 1.807) is 30.5 Å². The molecule has 0 radical (unpaired) electrons. The van der Waals surface area contributed by atoms with Crippen molar-refractivity contribution in [2.24, 2.45) is 0 Å². The van der Waals surface area contributed by atoms with E-state index in [1.165, 1.54) is 31.4 Å². The maximum Gasteiger partial charge on any atom is 0.255 e. The molecule has 0 bridgehead atoms. The van der Waals surface area contributed by atoms with Crippen molar-refractivity contribution in [3.63, 3.8) is 0 Å². The molecule has 2 aliphatic rings. The van der Waals surface area contributed by atoms with Gasteiger partial charge < -0.3 is 20.9 Å². The number of pyridine rings is 2. The van der Waals surface area contributed by atoms with Crippen molar-refractivity contribution in [3.05, 3.63) is 71.0 Å². The van der Waals surface area contributed by atoms with E-state index in [9.17, 15) is 9.18 Å². The van der Waals surface area contributed by atoms with Gasteiger partial charge in [0.2, 0.25) is 0 Å². The summed E-state index contributed by atoms with van der Waals surface area (Å²) in [5, 5.41) is 9.66. The fourth-order valence-electron chi connectivity index (χ4n) is 4.68. The molecule has 3 N–H and O–H groups in total. The lowest BCUT2D eigenvalue weighted by atomic mass is 9.87. The number of aryl methyl sites for hydroxylation is 1. The highest BCUT2D eigenvalue weighted by Gasteiger charge is 2.26. The predicted octanol–water partition coefficient (Wildman–Crippen LogP) is 5.48. The zero-order valence-corrected chi connectivity index (χ0v) is 21.9. The molecule has 0 spiro atoms. The van der Waals surface area contributed by atoms with Gasteiger partial charge in [0.15, 0.2) is 0 Å². The molecule has 3 aromatic rings. The highest BCUT2D eigenvalue weighted by molar-refractivity contribution is 6.00. The third-order valence-electron chi connectivity index (χ3n) is 7.09. The number of hydrogen-bond acceptors (Lipinski definition) is 6. The quantitative estimate of drug-likeness (QED) is 0.378. The lowest BCUT2D eigenvalue weighted by Gasteiger charge is -2.30. The number of amides is 1. The summed E-state index contributed by atoms with van der Waals surface area (Å²) in [5.74, 6) is 0.881. The van der Waals surface area contributed by atoms with E-state index >= 15 is 0 Å². The number of benzene rings is 1. The number of hydrogen-bond donors (Lipinski definition) is 3. The third-order valence-corrected chi connectivity index (χ3v) is 7.09. The van der Waals surface area contributed by atoms with Crippen LogP contribution in [0, 0.1) is 0 Å². The second-order valence-electron chi connectivity index (χ2n) is 10.8. The molecule has 2 heterocycles. The summed E-state index contributed by atoms with van der Waals surface area (Å²) in [6, 6.07) is 14.2. The maximum absolute atomic E-state index is 14.5. The van der Waals surface area contributed by atoms with Crippen LogP contribution in [0.3, 0.4) is 0 Å². The molecule has 37 heavy (non-hydrogen) atoms. The first kappa shape index (κ1) is 25.1. The summed E-state index contributed by atoms with van der Waals surface area (Å²) >= 11 is 0. The van der Waals surface area contributed by atoms with Gasteiger partial charge in [0, 0.05) is 30.0 Å². The lowest BCUT2D eigenvalue weighted by molar-refractivity contribution is 0.0951. The van der Waals surface area contributed by atoms with Gasteiger partial charge in [-0.3, -0.25) is 4.79 Å². The van der Waals surface area contributed by atoms with Crippen LogP contribution in [0.5, 0.6) is 0 Å². The molecular weight excluding hydrogens is 467 g/mol. The Kier molecular flexibility index (Phi) is 6.86. The van der Waals surface area contributed by atoms with Crippen molar-refractivity contribution in [1.29, 1.82) is 0 Å². The molecule has 2 aromatic heterocycles. The van der Waals surface area contributed by atoms with Crippen LogP contribution in [0.15, 0.2) is 48.7 Å². The molecule has 2 aliphatic carbocycles. The minimum absolute atomic E-state index is 0.186. The number of alkyl halides is 1. The van der Waals surface area contributed by atoms with Crippen LogP contribution in [0.25, 0.3) is 0 Å². The van der Waals surface area contributed by atoms with E-state index in [1.807, 2.05) is 0 Å². The molecule has 0 aliphatic heterocycles. The molecule has 1 unspecified atom stereocenters. The van der Waals surface area contributed by atoms with Crippen LogP contribution < -0.4 is 16.0 Å². The molecule has 8 heteroatoms. The molecule has 5 rings (SSSR count). The largest absolute Gasteiger partial charge is 0.349 e. The van der Waals surface area contributed by atoms with Gasteiger partial charge in [-0.1, -0.05) is 12.1 Å². The summed E-state index contributed by atoms with van der Waals surface area (Å²) in [5.41, 5.74) is 3.42. The Labute approximate surface area is 217 Å². The first-order valence-corrected chi connectivity index (χ1v) is 13.0. The van der Waals surface area contributed by atoms with E-state index in [0.717, 1.165) is 31.4 Å². The number of aromatic nitrogens is 2. The number of anilines is 4. The van der Waals surface area contributed by atoms with Crippen LogP contribution in [-0.2, 0) is 18.5 Å². The average Bonchev–Trinajstić information content (AvgIpc) is 3.67. The van der Waals surface area contributed by atoms with Gasteiger partial charge in [-0.25, -0.2) is 14.4 Å². The Morgan fingerprint density at radius 1 is 1.03 bits per heavy atom. The van der Waals surface area contributed by atoms with Gasteiger partial charge in [0.05, 0.1) is 16.9 Å². The molecular formula is C29H35FN6O. The van der Waals surface area contributed by atoms with E-state index in [4.69, 9.17) is 0 Å². The highest BCUT2D eigenvalue weighted by atomic mass is 19.1. The second kappa shape index (κ2) is 10.1. The van der Waals surface area contributed by atoms with Gasteiger partial charge >= 0.3 is 0 Å². The first-order chi connectivity index (χ1) is 17.7. The van der Waals surface area contributed by atoms with Crippen molar-refractivity contribution in [1.82, 2.24) is 20.2 Å². The molecule has 0 saturated heterocycles. The standard InChI is InChI=1S/C29H35FN6O/c1-29(2,30)25-6-5-7-26(35-25)34-24-16-27(31-17-23(24)28(37)33-20-11-12-20)32-21-10-8-18-9-13-22(36(3)4)15-19(18)14-21/h5-8,10,14,16-17,20,22H,9,11-13,15H2,1-4H3,(H,33,37)(H2,31,32,34,35). The summed E-state index contributed by atoms with van der Waals surface area (Å²) in [4.78, 5) is 24.2. The van der Waals surface area contributed by atoms with Crippen LogP contribution in [0.4, 0.5) is 27.4 Å². The second-order valence-corrected chi connectivity index (χ2v) is 10.8. The van der Waals surface area contributed by atoms with Crippen molar-refractivity contribution < 1.29 is 9.18 Å². The fourth-order valence-corrected chi connectivity index (χ4v) is 4.68. The Balaban J connectivity index is 1.42. The zero-order chi connectivity index (χ0) is 26.2. The van der Waals surface area contributed by atoms with Gasteiger partial charge in [0.25, 0.3) is 5.91 Å². The molecule has 1 saturated carbocycles. The monoisotopic (exact) mass is 502 g/mol. The number of halogens is 1. The smallest absolute Gasteiger partial charge is 0.255 e. The Morgan fingerprint density at radius 2 is 1.84 bits per heavy atom. The van der Waals surface area contributed by atoms with Crippen molar-refractivity contribution >= 4 is 28.9 Å². The van der Waals surface area contributed by atoms with E-state index in [0.29, 0.717) is 34.6 Å². The van der Waals surface area contributed by atoms with Gasteiger partial charge in [-0.05, 0) is 95.4 Å². The Morgan fingerprint density at radius 3 is 2.57 bits per heavy atom. The van der Waals surface area contributed by atoms with Crippen molar-refractivity contribution in [2.45, 2.75) is 63.7 Å². The van der Waals surface area contributed by atoms with Gasteiger partial charge in [0.1, 0.15) is 17.3 Å². The van der Waals surface area contributed by atoms with Gasteiger partial charge in [-0.15, -0.1) is 0 Å². The summed E-state index contributed by atoms with van der Waals surface area (Å²) in [7, 11) is 4.27. The summed E-state index contributed by atoms with van der Waals surface area (Å²) < 4.78 is 14.5. The van der Waals surface area contributed by atoms with E-state index < -0.39 is 5.67 Å². The molecule has 194 valence electrons. The zero-order valence-electron chi connectivity index (χ0n) is 21.9. The minimum atomic E-state index is -1.58. The lowest BCUT2D eigenvalue weighted by Crippen LogP contribution is -2.33. The van der Waals surface area contributed by atoms with Gasteiger partial charge in [-0.2, -0.15) is 0 Å². The molecule has 1 atom stereocenters. The third kappa shape index (κ3) is 6.07. The number of likely N-dealkylation sites (N-methyl/N-ethyl adjacent to an activating group) is 1. The topological polar surface area (TPSA) is 82.2 Å². The Hall–Kier alpha value is -3.52. The molecule has 1 amide bonds. The van der Waals surface area contributed by atoms with E-state index in [2.05, 4.69) is 63.1 Å². The Bertz CT molecular complexity index is 1300. The van der Waals surface area contributed by atoms with Crippen LogP contribution in [0.1, 0.15) is 60.3 Å².